The van der Waals surface area contributed by atoms with Crippen LogP contribution in [0.1, 0.15) is 12.0 Å². The molecule has 0 aliphatic carbocycles. The largest absolute Gasteiger partial charge is 0.391 e. The van der Waals surface area contributed by atoms with Crippen molar-refractivity contribution in [1.29, 1.82) is 0 Å². The smallest absolute Gasteiger partial charge is 0.137 e. The topological polar surface area (TPSA) is 69.5 Å². The summed E-state index contributed by atoms with van der Waals surface area (Å²) in [6.45, 7) is 1.30. The molecule has 14 heavy (non-hydrogen) atoms. The molecule has 5 heteroatoms. The van der Waals surface area contributed by atoms with E-state index in [2.05, 4.69) is 9.97 Å². The summed E-state index contributed by atoms with van der Waals surface area (Å²) in [5, 5.41) is 18.5. The van der Waals surface area contributed by atoms with Gasteiger partial charge in [0.05, 0.1) is 12.7 Å². The van der Waals surface area contributed by atoms with Crippen LogP contribution in [0.5, 0.6) is 0 Å². The lowest BCUT2D eigenvalue weighted by atomic mass is 10.3. The number of aromatic nitrogens is 2. The van der Waals surface area contributed by atoms with Gasteiger partial charge in [-0.15, -0.1) is 0 Å². The molecule has 0 amide bonds. The minimum atomic E-state index is -0.281. The molecule has 0 spiro atoms. The molecule has 0 bridgehead atoms. The summed E-state index contributed by atoms with van der Waals surface area (Å²) in [5.41, 5.74) is 0.710. The van der Waals surface area contributed by atoms with Crippen LogP contribution >= 0.6 is 0 Å². The highest BCUT2D eigenvalue weighted by Gasteiger charge is 2.22. The Balaban J connectivity index is 2.22. The summed E-state index contributed by atoms with van der Waals surface area (Å²) >= 11 is 0. The van der Waals surface area contributed by atoms with Crippen molar-refractivity contribution in [1.82, 2.24) is 9.97 Å². The summed E-state index contributed by atoms with van der Waals surface area (Å²) < 4.78 is 0. The maximum absolute atomic E-state index is 9.38. The first-order valence-corrected chi connectivity index (χ1v) is 4.64. The van der Waals surface area contributed by atoms with Gasteiger partial charge in [0.15, 0.2) is 0 Å². The van der Waals surface area contributed by atoms with E-state index >= 15 is 0 Å². The van der Waals surface area contributed by atoms with Crippen molar-refractivity contribution in [3.8, 4) is 0 Å². The fraction of sp³-hybridized carbons (Fsp3) is 0.556. The zero-order valence-electron chi connectivity index (χ0n) is 7.80. The van der Waals surface area contributed by atoms with Gasteiger partial charge >= 0.3 is 0 Å². The van der Waals surface area contributed by atoms with Crippen LogP contribution in [-0.4, -0.2) is 39.4 Å². The standard InChI is InChI=1S/C9H13N3O2/c13-5-7-3-10-6-11-9(7)12-2-1-8(14)4-12/h3,6,8,13-14H,1-2,4-5H2. The molecule has 2 heterocycles. The number of anilines is 1. The zero-order valence-corrected chi connectivity index (χ0v) is 7.80. The first kappa shape index (κ1) is 9.36. The van der Waals surface area contributed by atoms with Crippen molar-refractivity contribution in [3.63, 3.8) is 0 Å². The highest BCUT2D eigenvalue weighted by molar-refractivity contribution is 5.46. The number of rotatable bonds is 2. The predicted molar refractivity (Wildman–Crippen MR) is 50.8 cm³/mol. The number of aliphatic hydroxyl groups is 2. The minimum absolute atomic E-state index is 0.0667. The third-order valence-electron chi connectivity index (χ3n) is 2.40. The van der Waals surface area contributed by atoms with E-state index < -0.39 is 0 Å². The zero-order chi connectivity index (χ0) is 9.97. The Morgan fingerprint density at radius 3 is 3.07 bits per heavy atom. The summed E-state index contributed by atoms with van der Waals surface area (Å²) in [6, 6.07) is 0. The Bertz CT molecular complexity index is 319. The Labute approximate surface area is 82.0 Å². The Morgan fingerprint density at radius 1 is 1.57 bits per heavy atom. The maximum atomic E-state index is 9.38. The van der Waals surface area contributed by atoms with E-state index in [0.717, 1.165) is 18.8 Å². The molecular formula is C9H13N3O2. The fourth-order valence-electron chi connectivity index (χ4n) is 1.68. The molecule has 5 nitrogen and oxygen atoms in total. The van der Waals surface area contributed by atoms with E-state index in [1.807, 2.05) is 4.90 Å². The van der Waals surface area contributed by atoms with Crippen molar-refractivity contribution < 1.29 is 10.2 Å². The molecule has 0 radical (unpaired) electrons. The van der Waals surface area contributed by atoms with Gasteiger partial charge in [0.25, 0.3) is 0 Å². The fourth-order valence-corrected chi connectivity index (χ4v) is 1.68. The van der Waals surface area contributed by atoms with E-state index in [1.165, 1.54) is 6.33 Å². The van der Waals surface area contributed by atoms with Crippen LogP contribution in [0.4, 0.5) is 5.82 Å². The Morgan fingerprint density at radius 2 is 2.43 bits per heavy atom. The SMILES string of the molecule is OCc1cncnc1N1CCC(O)C1. The van der Waals surface area contributed by atoms with Crippen molar-refractivity contribution in [2.24, 2.45) is 0 Å². The lowest BCUT2D eigenvalue weighted by Crippen LogP contribution is -2.23. The van der Waals surface area contributed by atoms with Gasteiger partial charge in [0.2, 0.25) is 0 Å². The molecule has 1 aliphatic heterocycles. The molecule has 1 saturated heterocycles. The van der Waals surface area contributed by atoms with Crippen molar-refractivity contribution in [2.75, 3.05) is 18.0 Å². The molecule has 1 aromatic rings. The normalized spacial score (nSPS) is 21.6. The third kappa shape index (κ3) is 1.69. The van der Waals surface area contributed by atoms with Crippen LogP contribution in [0.2, 0.25) is 0 Å². The molecule has 2 rings (SSSR count). The monoisotopic (exact) mass is 195 g/mol. The number of hydrogen-bond acceptors (Lipinski definition) is 5. The van der Waals surface area contributed by atoms with Gasteiger partial charge in [-0.25, -0.2) is 9.97 Å². The summed E-state index contributed by atoms with van der Waals surface area (Å²) in [5.74, 6) is 0.735. The van der Waals surface area contributed by atoms with Gasteiger partial charge in [-0.3, -0.25) is 0 Å². The Kier molecular flexibility index (Phi) is 2.60. The van der Waals surface area contributed by atoms with Crippen LogP contribution < -0.4 is 4.90 Å². The second-order valence-electron chi connectivity index (χ2n) is 3.42. The average Bonchev–Trinajstić information content (AvgIpc) is 2.65. The molecule has 1 fully saturated rings. The van der Waals surface area contributed by atoms with Crippen LogP contribution in [0, 0.1) is 0 Å². The van der Waals surface area contributed by atoms with E-state index in [1.54, 1.807) is 6.20 Å². The molecule has 1 unspecified atom stereocenters. The van der Waals surface area contributed by atoms with Gasteiger partial charge in [-0.05, 0) is 6.42 Å². The summed E-state index contributed by atoms with van der Waals surface area (Å²) in [7, 11) is 0. The first-order valence-electron chi connectivity index (χ1n) is 4.64. The lowest BCUT2D eigenvalue weighted by molar-refractivity contribution is 0.198. The Hall–Kier alpha value is -1.20. The van der Waals surface area contributed by atoms with Crippen molar-refractivity contribution >= 4 is 5.82 Å². The van der Waals surface area contributed by atoms with E-state index in [-0.39, 0.29) is 12.7 Å². The van der Waals surface area contributed by atoms with Crippen molar-refractivity contribution in [2.45, 2.75) is 19.1 Å². The van der Waals surface area contributed by atoms with Crippen LogP contribution in [0.25, 0.3) is 0 Å². The van der Waals surface area contributed by atoms with Gasteiger partial charge in [-0.1, -0.05) is 0 Å². The average molecular weight is 195 g/mol. The lowest BCUT2D eigenvalue weighted by Gasteiger charge is -2.18. The van der Waals surface area contributed by atoms with Crippen LogP contribution in [-0.2, 0) is 6.61 Å². The van der Waals surface area contributed by atoms with Crippen molar-refractivity contribution in [3.05, 3.63) is 18.1 Å². The molecule has 1 aromatic heterocycles. The van der Waals surface area contributed by atoms with E-state index in [9.17, 15) is 5.11 Å². The van der Waals surface area contributed by atoms with E-state index in [4.69, 9.17) is 5.11 Å². The third-order valence-corrected chi connectivity index (χ3v) is 2.40. The van der Waals surface area contributed by atoms with E-state index in [0.29, 0.717) is 12.1 Å². The number of β-amino-alcohol motifs (C(OH)–C–C–N with tert-alkyl or cyclic N) is 1. The quantitative estimate of drug-likeness (QED) is 0.668. The summed E-state index contributed by atoms with van der Waals surface area (Å²) in [6.07, 6.45) is 3.54. The van der Waals surface area contributed by atoms with Gasteiger partial charge < -0.3 is 15.1 Å². The second kappa shape index (κ2) is 3.89. The highest BCUT2D eigenvalue weighted by atomic mass is 16.3. The highest BCUT2D eigenvalue weighted by Crippen LogP contribution is 2.21. The van der Waals surface area contributed by atoms with Gasteiger partial charge in [0.1, 0.15) is 12.1 Å². The molecule has 2 N–H and O–H groups in total. The number of nitrogens with zero attached hydrogens (tertiary/aromatic N) is 3. The minimum Gasteiger partial charge on any atom is -0.391 e. The number of hydrogen-bond donors (Lipinski definition) is 2. The molecule has 1 atom stereocenters. The molecule has 0 saturated carbocycles. The number of aliphatic hydroxyl groups excluding tert-OH is 2. The predicted octanol–water partition coefficient (Wildman–Crippen LogP) is -0.460. The van der Waals surface area contributed by atoms with Gasteiger partial charge in [0, 0.05) is 24.8 Å². The molecular weight excluding hydrogens is 182 g/mol. The summed E-state index contributed by atoms with van der Waals surface area (Å²) in [4.78, 5) is 9.93. The van der Waals surface area contributed by atoms with Crippen LogP contribution in [0.15, 0.2) is 12.5 Å². The molecule has 1 aliphatic rings. The van der Waals surface area contributed by atoms with Crippen LogP contribution in [0.3, 0.4) is 0 Å². The molecule has 0 aromatic carbocycles. The molecule has 76 valence electrons. The maximum Gasteiger partial charge on any atom is 0.137 e. The second-order valence-corrected chi connectivity index (χ2v) is 3.42. The van der Waals surface area contributed by atoms with Gasteiger partial charge in [-0.2, -0.15) is 0 Å². The first-order chi connectivity index (χ1) is 6.81.